The van der Waals surface area contributed by atoms with Crippen molar-refractivity contribution in [2.75, 3.05) is 10.6 Å². The van der Waals surface area contributed by atoms with Crippen LogP contribution < -0.4 is 16.4 Å². The van der Waals surface area contributed by atoms with Gasteiger partial charge in [-0.25, -0.2) is 9.18 Å². The minimum absolute atomic E-state index is 0.0962. The number of nitrogens with zero attached hydrogens (tertiary/aromatic N) is 2. The standard InChI is InChI=1S/C20H16FN5O/c21-15-5-1-2-7-17(15)26(20(23)27)13-10-8-12(9-11-13)14-4-3-6-16-18(14)19(22)25-24-16/h1-11H,(H2,23,27)(H3,22,24,25). The predicted molar refractivity (Wildman–Crippen MR) is 104 cm³/mol. The summed E-state index contributed by atoms with van der Waals surface area (Å²) in [6.45, 7) is 0. The number of nitrogens with one attached hydrogen (secondary N) is 1. The minimum Gasteiger partial charge on any atom is -0.382 e. The minimum atomic E-state index is -0.769. The molecule has 0 saturated carbocycles. The van der Waals surface area contributed by atoms with Gasteiger partial charge in [-0.1, -0.05) is 36.4 Å². The molecule has 0 fully saturated rings. The van der Waals surface area contributed by atoms with Crippen LogP contribution in [0.4, 0.5) is 26.4 Å². The van der Waals surface area contributed by atoms with E-state index in [2.05, 4.69) is 10.2 Å². The number of H-pyrrole nitrogens is 1. The number of carbonyl (C=O) groups is 1. The van der Waals surface area contributed by atoms with Gasteiger partial charge in [-0.3, -0.25) is 10.00 Å². The number of benzene rings is 3. The van der Waals surface area contributed by atoms with E-state index in [1.807, 2.05) is 30.3 Å². The molecule has 0 saturated heterocycles. The maximum atomic E-state index is 14.1. The molecule has 4 rings (SSSR count). The molecule has 1 heterocycles. The highest BCUT2D eigenvalue weighted by Gasteiger charge is 2.19. The molecule has 0 atom stereocenters. The smallest absolute Gasteiger partial charge is 0.323 e. The first-order chi connectivity index (χ1) is 13.1. The Balaban J connectivity index is 1.78. The van der Waals surface area contributed by atoms with Gasteiger partial charge in [-0.2, -0.15) is 5.10 Å². The summed E-state index contributed by atoms with van der Waals surface area (Å²) >= 11 is 0. The van der Waals surface area contributed by atoms with E-state index in [0.717, 1.165) is 26.9 Å². The predicted octanol–water partition coefficient (Wildman–Crippen LogP) is 4.17. The maximum Gasteiger partial charge on any atom is 0.323 e. The van der Waals surface area contributed by atoms with Crippen LogP contribution in [0.15, 0.2) is 66.7 Å². The van der Waals surface area contributed by atoms with Crippen LogP contribution in [0, 0.1) is 5.82 Å². The lowest BCUT2D eigenvalue weighted by atomic mass is 10.0. The van der Waals surface area contributed by atoms with Gasteiger partial charge >= 0.3 is 6.03 Å². The Labute approximate surface area is 154 Å². The molecule has 1 aromatic heterocycles. The number of hydrogen-bond donors (Lipinski definition) is 3. The number of amides is 2. The Morgan fingerprint density at radius 2 is 1.74 bits per heavy atom. The number of urea groups is 1. The van der Waals surface area contributed by atoms with E-state index in [0.29, 0.717) is 11.5 Å². The zero-order valence-electron chi connectivity index (χ0n) is 14.2. The number of nitrogen functional groups attached to an aromatic ring is 1. The summed E-state index contributed by atoms with van der Waals surface area (Å²) in [6.07, 6.45) is 0. The van der Waals surface area contributed by atoms with E-state index >= 15 is 0 Å². The number of rotatable bonds is 3. The van der Waals surface area contributed by atoms with E-state index in [9.17, 15) is 9.18 Å². The number of fused-ring (bicyclic) bond motifs is 1. The van der Waals surface area contributed by atoms with Crippen LogP contribution in [0.5, 0.6) is 0 Å². The lowest BCUT2D eigenvalue weighted by Gasteiger charge is -2.21. The SMILES string of the molecule is NC(=O)N(c1ccc(-c2cccc3[nH]nc(N)c23)cc1)c1ccccc1F. The van der Waals surface area contributed by atoms with Crippen molar-refractivity contribution in [3.05, 3.63) is 72.5 Å². The highest BCUT2D eigenvalue weighted by Crippen LogP contribution is 2.34. The molecule has 0 aliphatic heterocycles. The van der Waals surface area contributed by atoms with Gasteiger partial charge in [0.2, 0.25) is 0 Å². The summed E-state index contributed by atoms with van der Waals surface area (Å²) in [6, 6.07) is 18.0. The first-order valence-corrected chi connectivity index (χ1v) is 8.23. The van der Waals surface area contributed by atoms with E-state index in [-0.39, 0.29) is 5.69 Å². The highest BCUT2D eigenvalue weighted by molar-refractivity contribution is 6.02. The van der Waals surface area contributed by atoms with Gasteiger partial charge in [0.15, 0.2) is 5.82 Å². The molecular formula is C20H16FN5O. The first kappa shape index (κ1) is 16.6. The molecule has 0 aliphatic rings. The summed E-state index contributed by atoms with van der Waals surface area (Å²) in [4.78, 5) is 13.1. The molecular weight excluding hydrogens is 345 g/mol. The molecule has 0 bridgehead atoms. The third-order valence-electron chi connectivity index (χ3n) is 4.37. The number of carbonyl (C=O) groups excluding carboxylic acids is 1. The van der Waals surface area contributed by atoms with Crippen LogP contribution in [0.1, 0.15) is 0 Å². The average molecular weight is 361 g/mol. The fourth-order valence-corrected chi connectivity index (χ4v) is 3.15. The van der Waals surface area contributed by atoms with Gasteiger partial charge in [0, 0.05) is 0 Å². The summed E-state index contributed by atoms with van der Waals surface area (Å²) in [5.74, 6) is -0.119. The van der Waals surface area contributed by atoms with E-state index in [4.69, 9.17) is 11.5 Å². The van der Waals surface area contributed by atoms with Crippen LogP contribution in [0.3, 0.4) is 0 Å². The Morgan fingerprint density at radius 1 is 1.00 bits per heavy atom. The molecule has 3 aromatic carbocycles. The quantitative estimate of drug-likeness (QED) is 0.510. The van der Waals surface area contributed by atoms with Crippen molar-refractivity contribution in [1.82, 2.24) is 10.2 Å². The fourth-order valence-electron chi connectivity index (χ4n) is 3.15. The molecule has 0 radical (unpaired) electrons. The van der Waals surface area contributed by atoms with Crippen molar-refractivity contribution in [2.45, 2.75) is 0 Å². The van der Waals surface area contributed by atoms with Gasteiger partial charge in [0.1, 0.15) is 5.82 Å². The fraction of sp³-hybridized carbons (Fsp3) is 0. The number of aromatic amines is 1. The van der Waals surface area contributed by atoms with Crippen molar-refractivity contribution in [1.29, 1.82) is 0 Å². The second-order valence-corrected chi connectivity index (χ2v) is 6.01. The molecule has 2 amide bonds. The van der Waals surface area contributed by atoms with Gasteiger partial charge < -0.3 is 11.5 Å². The summed E-state index contributed by atoms with van der Waals surface area (Å²) in [5.41, 5.74) is 14.6. The molecule has 4 aromatic rings. The number of nitrogens with two attached hydrogens (primary N) is 2. The lowest BCUT2D eigenvalue weighted by molar-refractivity contribution is 0.256. The Morgan fingerprint density at radius 3 is 2.44 bits per heavy atom. The van der Waals surface area contributed by atoms with E-state index in [1.165, 1.54) is 12.1 Å². The number of anilines is 3. The monoisotopic (exact) mass is 361 g/mol. The van der Waals surface area contributed by atoms with Gasteiger partial charge in [0.05, 0.1) is 22.3 Å². The van der Waals surface area contributed by atoms with E-state index in [1.54, 1.807) is 24.3 Å². The van der Waals surface area contributed by atoms with Crippen LogP contribution >= 0.6 is 0 Å². The molecule has 134 valence electrons. The largest absolute Gasteiger partial charge is 0.382 e. The topological polar surface area (TPSA) is 101 Å². The lowest BCUT2D eigenvalue weighted by Crippen LogP contribution is -2.32. The Kier molecular flexibility index (Phi) is 3.97. The van der Waals surface area contributed by atoms with Crippen LogP contribution in [0.2, 0.25) is 0 Å². The number of hydrogen-bond acceptors (Lipinski definition) is 3. The second-order valence-electron chi connectivity index (χ2n) is 6.01. The summed E-state index contributed by atoms with van der Waals surface area (Å²) in [7, 11) is 0. The molecule has 7 heteroatoms. The number of primary amides is 1. The van der Waals surface area contributed by atoms with Gasteiger partial charge in [-0.15, -0.1) is 0 Å². The van der Waals surface area contributed by atoms with Gasteiger partial charge in [-0.05, 0) is 41.5 Å². The number of para-hydroxylation sites is 1. The Hall–Kier alpha value is -3.87. The summed E-state index contributed by atoms with van der Waals surface area (Å²) < 4.78 is 14.1. The van der Waals surface area contributed by atoms with Crippen LogP contribution in [-0.4, -0.2) is 16.2 Å². The van der Waals surface area contributed by atoms with Crippen LogP contribution in [0.25, 0.3) is 22.0 Å². The molecule has 0 aliphatic carbocycles. The summed E-state index contributed by atoms with van der Waals surface area (Å²) in [5, 5.41) is 7.75. The van der Waals surface area contributed by atoms with Gasteiger partial charge in [0.25, 0.3) is 0 Å². The molecule has 0 spiro atoms. The van der Waals surface area contributed by atoms with Crippen molar-refractivity contribution < 1.29 is 9.18 Å². The second kappa shape index (κ2) is 6.45. The third-order valence-corrected chi connectivity index (χ3v) is 4.37. The van der Waals surface area contributed by atoms with Crippen molar-refractivity contribution >= 4 is 34.1 Å². The molecule has 27 heavy (non-hydrogen) atoms. The zero-order chi connectivity index (χ0) is 19.0. The Bertz CT molecular complexity index is 1140. The van der Waals surface area contributed by atoms with E-state index < -0.39 is 11.8 Å². The van der Waals surface area contributed by atoms with Crippen molar-refractivity contribution in [3.63, 3.8) is 0 Å². The van der Waals surface area contributed by atoms with Crippen molar-refractivity contribution in [2.24, 2.45) is 5.73 Å². The first-order valence-electron chi connectivity index (χ1n) is 8.23. The molecule has 5 N–H and O–H groups in total. The maximum absolute atomic E-state index is 14.1. The molecule has 0 unspecified atom stereocenters. The third kappa shape index (κ3) is 2.85. The highest BCUT2D eigenvalue weighted by atomic mass is 19.1. The van der Waals surface area contributed by atoms with Crippen LogP contribution in [-0.2, 0) is 0 Å². The zero-order valence-corrected chi connectivity index (χ0v) is 14.2. The van der Waals surface area contributed by atoms with Crippen molar-refractivity contribution in [3.8, 4) is 11.1 Å². The molecule has 6 nitrogen and oxygen atoms in total. The number of halogens is 1. The number of aromatic nitrogens is 2. The average Bonchev–Trinajstić information content (AvgIpc) is 3.05. The normalized spacial score (nSPS) is 10.9.